The van der Waals surface area contributed by atoms with Crippen molar-refractivity contribution in [1.82, 2.24) is 14.8 Å². The van der Waals surface area contributed by atoms with Crippen molar-refractivity contribution in [1.29, 1.82) is 5.26 Å². The number of aromatic nitrogens is 3. The summed E-state index contributed by atoms with van der Waals surface area (Å²) >= 11 is 6.06. The van der Waals surface area contributed by atoms with Crippen LogP contribution in [0.25, 0.3) is 0 Å². The van der Waals surface area contributed by atoms with Crippen molar-refractivity contribution in [2.45, 2.75) is 24.2 Å². The van der Waals surface area contributed by atoms with Crippen LogP contribution in [-0.2, 0) is 27.2 Å². The molecule has 0 N–H and O–H groups in total. The highest BCUT2D eigenvalue weighted by Crippen LogP contribution is 2.44. The van der Waals surface area contributed by atoms with Crippen LogP contribution in [0.15, 0.2) is 67.3 Å². The van der Waals surface area contributed by atoms with E-state index in [0.29, 0.717) is 31.2 Å². The van der Waals surface area contributed by atoms with Gasteiger partial charge in [0, 0.05) is 17.0 Å². The summed E-state index contributed by atoms with van der Waals surface area (Å²) in [6.07, 6.45) is 3.38. The van der Waals surface area contributed by atoms with Crippen LogP contribution in [-0.4, -0.2) is 28.0 Å². The number of hydrogen-bond acceptors (Lipinski definition) is 5. The second kappa shape index (κ2) is 7.72. The summed E-state index contributed by atoms with van der Waals surface area (Å²) in [5, 5.41) is 15.2. The lowest BCUT2D eigenvalue weighted by Gasteiger charge is -2.36. The summed E-state index contributed by atoms with van der Waals surface area (Å²) < 4.78 is 13.9. The Morgan fingerprint density at radius 3 is 2.43 bits per heavy atom. The van der Waals surface area contributed by atoms with Crippen molar-refractivity contribution in [3.05, 3.63) is 83.4 Å². The van der Waals surface area contributed by atoms with Crippen LogP contribution in [0.2, 0.25) is 5.02 Å². The molecule has 7 heteroatoms. The van der Waals surface area contributed by atoms with E-state index < -0.39 is 11.2 Å². The van der Waals surface area contributed by atoms with Gasteiger partial charge in [0.15, 0.2) is 5.79 Å². The molecule has 2 aromatic carbocycles. The highest BCUT2D eigenvalue weighted by Gasteiger charge is 2.48. The van der Waals surface area contributed by atoms with Crippen molar-refractivity contribution >= 4 is 11.6 Å². The van der Waals surface area contributed by atoms with Gasteiger partial charge < -0.3 is 9.47 Å². The van der Waals surface area contributed by atoms with Crippen molar-refractivity contribution in [3.8, 4) is 6.07 Å². The van der Waals surface area contributed by atoms with Gasteiger partial charge >= 0.3 is 0 Å². The fraction of sp³-hybridized carbons (Fsp3) is 0.286. The zero-order valence-corrected chi connectivity index (χ0v) is 15.9. The Hall–Kier alpha value is -2.72. The molecule has 142 valence electrons. The van der Waals surface area contributed by atoms with Crippen LogP contribution in [0.4, 0.5) is 0 Å². The largest absolute Gasteiger partial charge is 0.343 e. The van der Waals surface area contributed by atoms with Gasteiger partial charge in [-0.1, -0.05) is 54.1 Å². The van der Waals surface area contributed by atoms with Gasteiger partial charge in [0.1, 0.15) is 18.1 Å². The van der Waals surface area contributed by atoms with Crippen LogP contribution in [0, 0.1) is 11.3 Å². The molecule has 2 heterocycles. The van der Waals surface area contributed by atoms with Crippen LogP contribution in [0.1, 0.15) is 17.5 Å². The highest BCUT2D eigenvalue weighted by atomic mass is 35.5. The summed E-state index contributed by atoms with van der Waals surface area (Å²) in [5.41, 5.74) is 0.780. The molecule has 6 nitrogen and oxygen atoms in total. The molecule has 3 aromatic rings. The molecule has 0 radical (unpaired) electrons. The Labute approximate surface area is 168 Å². The number of ether oxygens (including phenoxy) is 2. The summed E-state index contributed by atoms with van der Waals surface area (Å²) in [6, 6.07) is 19.6. The van der Waals surface area contributed by atoms with E-state index in [1.165, 1.54) is 6.33 Å². The Balaban J connectivity index is 1.79. The monoisotopic (exact) mass is 394 g/mol. The van der Waals surface area contributed by atoms with Gasteiger partial charge in [-0.2, -0.15) is 10.4 Å². The maximum absolute atomic E-state index is 10.4. The smallest absolute Gasteiger partial charge is 0.196 e. The SMILES string of the molecule is N#CC(Cn1cncn1)(CC1(c2ccc(Cl)cc2)OCCO1)c1ccccc1. The van der Waals surface area contributed by atoms with Crippen LogP contribution < -0.4 is 0 Å². The molecule has 0 aliphatic carbocycles. The number of hydrogen-bond donors (Lipinski definition) is 0. The van der Waals surface area contributed by atoms with Crippen LogP contribution in [0.5, 0.6) is 0 Å². The molecule has 4 rings (SSSR count). The van der Waals surface area contributed by atoms with Gasteiger partial charge in [0.05, 0.1) is 25.8 Å². The predicted molar refractivity (Wildman–Crippen MR) is 103 cm³/mol. The first-order chi connectivity index (χ1) is 13.7. The van der Waals surface area contributed by atoms with Crippen LogP contribution >= 0.6 is 11.6 Å². The third-order valence-electron chi connectivity index (χ3n) is 5.01. The van der Waals surface area contributed by atoms with Crippen molar-refractivity contribution in [2.24, 2.45) is 0 Å². The maximum Gasteiger partial charge on any atom is 0.196 e. The van der Waals surface area contributed by atoms with E-state index in [0.717, 1.165) is 11.1 Å². The topological polar surface area (TPSA) is 73.0 Å². The minimum absolute atomic E-state index is 0.308. The molecule has 1 aromatic heterocycles. The first-order valence-corrected chi connectivity index (χ1v) is 9.37. The minimum atomic E-state index is -1.03. The molecule has 1 fully saturated rings. The Morgan fingerprint density at radius 1 is 1.11 bits per heavy atom. The molecule has 1 saturated heterocycles. The molecule has 1 aliphatic rings. The minimum Gasteiger partial charge on any atom is -0.343 e. The van der Waals surface area contributed by atoms with Crippen molar-refractivity contribution in [3.63, 3.8) is 0 Å². The van der Waals surface area contributed by atoms with E-state index in [1.807, 2.05) is 42.5 Å². The maximum atomic E-state index is 10.4. The van der Waals surface area contributed by atoms with Gasteiger partial charge in [-0.3, -0.25) is 4.68 Å². The summed E-state index contributed by atoms with van der Waals surface area (Å²) in [6.45, 7) is 1.25. The Bertz CT molecular complexity index is 948. The van der Waals surface area contributed by atoms with E-state index in [4.69, 9.17) is 21.1 Å². The molecule has 1 aliphatic heterocycles. The summed E-state index contributed by atoms with van der Waals surface area (Å²) in [5.74, 6) is -1.03. The zero-order chi connectivity index (χ0) is 19.5. The average molecular weight is 395 g/mol. The quantitative estimate of drug-likeness (QED) is 0.637. The second-order valence-corrected chi connectivity index (χ2v) is 7.22. The van der Waals surface area contributed by atoms with Gasteiger partial charge in [-0.15, -0.1) is 0 Å². The van der Waals surface area contributed by atoms with Gasteiger partial charge in [-0.05, 0) is 17.7 Å². The molecule has 0 saturated carbocycles. The van der Waals surface area contributed by atoms with Crippen LogP contribution in [0.3, 0.4) is 0 Å². The third-order valence-corrected chi connectivity index (χ3v) is 5.26. The van der Waals surface area contributed by atoms with E-state index in [9.17, 15) is 5.26 Å². The van der Waals surface area contributed by atoms with Crippen molar-refractivity contribution in [2.75, 3.05) is 13.2 Å². The lowest BCUT2D eigenvalue weighted by Crippen LogP contribution is -2.41. The lowest BCUT2D eigenvalue weighted by molar-refractivity contribution is -0.179. The standard InChI is InChI=1S/C21H19ClN4O2/c22-19-8-6-18(7-9-19)21(27-10-11-28-21)12-20(13-23,14-26-16-24-15-25-26)17-4-2-1-3-5-17/h1-9,15-16H,10-12,14H2. The number of benzene rings is 2. The first kappa shape index (κ1) is 18.6. The molecule has 0 spiro atoms. The van der Waals surface area contributed by atoms with E-state index in [2.05, 4.69) is 16.2 Å². The second-order valence-electron chi connectivity index (χ2n) is 6.79. The third kappa shape index (κ3) is 3.52. The Kier molecular flexibility index (Phi) is 5.14. The summed E-state index contributed by atoms with van der Waals surface area (Å²) in [4.78, 5) is 4.02. The fourth-order valence-corrected chi connectivity index (χ4v) is 3.79. The molecule has 28 heavy (non-hydrogen) atoms. The zero-order valence-electron chi connectivity index (χ0n) is 15.2. The molecule has 1 unspecified atom stereocenters. The first-order valence-electron chi connectivity index (χ1n) is 8.99. The number of nitriles is 1. The number of nitrogens with zero attached hydrogens (tertiary/aromatic N) is 4. The van der Waals surface area contributed by atoms with Gasteiger partial charge in [0.2, 0.25) is 0 Å². The molecular formula is C21H19ClN4O2. The highest BCUT2D eigenvalue weighted by molar-refractivity contribution is 6.30. The number of halogens is 1. The summed E-state index contributed by atoms with van der Waals surface area (Å²) in [7, 11) is 0. The van der Waals surface area contributed by atoms with E-state index >= 15 is 0 Å². The molecule has 0 amide bonds. The van der Waals surface area contributed by atoms with E-state index in [1.54, 1.807) is 23.1 Å². The lowest BCUT2D eigenvalue weighted by atomic mass is 9.74. The van der Waals surface area contributed by atoms with E-state index in [-0.39, 0.29) is 0 Å². The number of rotatable bonds is 6. The average Bonchev–Trinajstić information content (AvgIpc) is 3.41. The fourth-order valence-electron chi connectivity index (χ4n) is 3.66. The van der Waals surface area contributed by atoms with Crippen molar-refractivity contribution < 1.29 is 9.47 Å². The molecular weight excluding hydrogens is 376 g/mol. The Morgan fingerprint density at radius 2 is 1.82 bits per heavy atom. The predicted octanol–water partition coefficient (Wildman–Crippen LogP) is 3.68. The molecule has 0 bridgehead atoms. The van der Waals surface area contributed by atoms with Gasteiger partial charge in [-0.25, -0.2) is 4.98 Å². The normalized spacial score (nSPS) is 17.7. The van der Waals surface area contributed by atoms with Gasteiger partial charge in [0.25, 0.3) is 0 Å². The molecule has 1 atom stereocenters.